The van der Waals surface area contributed by atoms with Crippen molar-refractivity contribution in [2.45, 2.75) is 26.4 Å². The fraction of sp³-hybridized carbons (Fsp3) is 0.429. The molecule has 1 rings (SSSR count). The first-order valence-corrected chi connectivity index (χ1v) is 5.98. The molecule has 0 amide bonds. The molecule has 5 heteroatoms. The van der Waals surface area contributed by atoms with E-state index in [1.165, 1.54) is 19.2 Å². The van der Waals surface area contributed by atoms with Crippen molar-refractivity contribution in [1.29, 1.82) is 5.26 Å². The third kappa shape index (κ3) is 4.34. The minimum Gasteiger partial charge on any atom is -0.468 e. The molecule has 0 saturated carbocycles. The average molecular weight is 264 g/mol. The maximum atomic E-state index is 13.3. The van der Waals surface area contributed by atoms with Crippen LogP contribution in [-0.2, 0) is 16.1 Å². The monoisotopic (exact) mass is 264 g/mol. The van der Waals surface area contributed by atoms with Crippen LogP contribution in [0.2, 0.25) is 0 Å². The molecule has 0 heterocycles. The molecule has 1 atom stereocenters. The average Bonchev–Trinajstić information content (AvgIpc) is 2.37. The molecule has 19 heavy (non-hydrogen) atoms. The zero-order valence-electron chi connectivity index (χ0n) is 11.2. The van der Waals surface area contributed by atoms with Gasteiger partial charge in [0.05, 0.1) is 18.7 Å². The second-order valence-corrected chi connectivity index (χ2v) is 4.59. The smallest absolute Gasteiger partial charge is 0.323 e. The number of hydrogen-bond acceptors (Lipinski definition) is 4. The number of benzene rings is 1. The lowest BCUT2D eigenvalue weighted by Crippen LogP contribution is -2.41. The molecule has 4 nitrogen and oxygen atoms in total. The minimum absolute atomic E-state index is 0.0523. The quantitative estimate of drug-likeness (QED) is 0.826. The van der Waals surface area contributed by atoms with Gasteiger partial charge in [0.15, 0.2) is 0 Å². The van der Waals surface area contributed by atoms with Gasteiger partial charge in [-0.05, 0) is 29.7 Å². The SMILES string of the molecule is COC(=O)C(NCc1cc(F)cc(C#N)c1)C(C)C. The summed E-state index contributed by atoms with van der Waals surface area (Å²) in [5.41, 5.74) is 0.877. The third-order valence-electron chi connectivity index (χ3n) is 2.73. The highest BCUT2D eigenvalue weighted by Gasteiger charge is 2.22. The van der Waals surface area contributed by atoms with E-state index in [4.69, 9.17) is 10.00 Å². The fourth-order valence-electron chi connectivity index (χ4n) is 1.76. The summed E-state index contributed by atoms with van der Waals surface area (Å²) in [6, 6.07) is 5.53. The number of carbonyl (C=O) groups is 1. The van der Waals surface area contributed by atoms with Crippen molar-refractivity contribution in [3.05, 3.63) is 35.1 Å². The van der Waals surface area contributed by atoms with E-state index in [9.17, 15) is 9.18 Å². The molecule has 0 fully saturated rings. The van der Waals surface area contributed by atoms with E-state index in [-0.39, 0.29) is 17.5 Å². The predicted octanol–water partition coefficient (Wildman–Crippen LogP) is 1.98. The Labute approximate surface area is 112 Å². The van der Waals surface area contributed by atoms with Gasteiger partial charge in [-0.3, -0.25) is 4.79 Å². The van der Waals surface area contributed by atoms with Gasteiger partial charge in [-0.2, -0.15) is 5.26 Å². The first kappa shape index (κ1) is 15.1. The topological polar surface area (TPSA) is 62.1 Å². The molecule has 1 aromatic carbocycles. The molecule has 0 spiro atoms. The zero-order valence-corrected chi connectivity index (χ0v) is 11.2. The highest BCUT2D eigenvalue weighted by Crippen LogP contribution is 2.10. The summed E-state index contributed by atoms with van der Waals surface area (Å²) in [7, 11) is 1.33. The Morgan fingerprint density at radius 3 is 2.68 bits per heavy atom. The lowest BCUT2D eigenvalue weighted by atomic mass is 10.0. The van der Waals surface area contributed by atoms with Crippen molar-refractivity contribution in [3.63, 3.8) is 0 Å². The van der Waals surface area contributed by atoms with Gasteiger partial charge >= 0.3 is 5.97 Å². The molecule has 0 saturated heterocycles. The van der Waals surface area contributed by atoms with Crippen LogP contribution in [0.1, 0.15) is 25.0 Å². The number of esters is 1. The zero-order chi connectivity index (χ0) is 14.4. The molecule has 1 aromatic rings. The van der Waals surface area contributed by atoms with Crippen LogP contribution in [0, 0.1) is 23.1 Å². The number of nitrogens with zero attached hydrogens (tertiary/aromatic N) is 1. The van der Waals surface area contributed by atoms with Gasteiger partial charge < -0.3 is 10.1 Å². The molecule has 102 valence electrons. The number of methoxy groups -OCH3 is 1. The van der Waals surface area contributed by atoms with E-state index in [1.54, 1.807) is 6.07 Å². The molecule has 0 aliphatic heterocycles. The van der Waals surface area contributed by atoms with Gasteiger partial charge in [0.1, 0.15) is 11.9 Å². The normalized spacial score (nSPS) is 12.0. The second-order valence-electron chi connectivity index (χ2n) is 4.59. The molecular formula is C14H17FN2O2. The van der Waals surface area contributed by atoms with Crippen molar-refractivity contribution in [1.82, 2.24) is 5.32 Å². The lowest BCUT2D eigenvalue weighted by Gasteiger charge is -2.19. The molecule has 0 aromatic heterocycles. The van der Waals surface area contributed by atoms with Crippen molar-refractivity contribution in [3.8, 4) is 6.07 Å². The van der Waals surface area contributed by atoms with Crippen LogP contribution in [0.25, 0.3) is 0 Å². The highest BCUT2D eigenvalue weighted by atomic mass is 19.1. The van der Waals surface area contributed by atoms with E-state index in [1.807, 2.05) is 19.9 Å². The minimum atomic E-state index is -0.463. The maximum absolute atomic E-state index is 13.3. The Balaban J connectivity index is 2.77. The Bertz CT molecular complexity index is 495. The number of nitrogens with one attached hydrogen (secondary N) is 1. The van der Waals surface area contributed by atoms with E-state index in [0.717, 1.165) is 0 Å². The number of rotatable bonds is 5. The maximum Gasteiger partial charge on any atom is 0.323 e. The molecule has 1 unspecified atom stereocenters. The summed E-state index contributed by atoms with van der Waals surface area (Å²) < 4.78 is 18.0. The Kier molecular flexibility index (Phi) is 5.46. The molecule has 0 bridgehead atoms. The summed E-state index contributed by atoms with van der Waals surface area (Å²) in [6.07, 6.45) is 0. The van der Waals surface area contributed by atoms with E-state index >= 15 is 0 Å². The van der Waals surface area contributed by atoms with Crippen LogP contribution in [0.15, 0.2) is 18.2 Å². The summed E-state index contributed by atoms with van der Waals surface area (Å²) in [4.78, 5) is 11.6. The van der Waals surface area contributed by atoms with Crippen molar-refractivity contribution >= 4 is 5.97 Å². The van der Waals surface area contributed by atoms with Crippen molar-refractivity contribution in [2.75, 3.05) is 7.11 Å². The third-order valence-corrected chi connectivity index (χ3v) is 2.73. The highest BCUT2D eigenvalue weighted by molar-refractivity contribution is 5.75. The van der Waals surface area contributed by atoms with E-state index in [2.05, 4.69) is 5.32 Å². The number of nitriles is 1. The number of ether oxygens (including phenoxy) is 1. The van der Waals surface area contributed by atoms with E-state index < -0.39 is 11.9 Å². The van der Waals surface area contributed by atoms with Crippen molar-refractivity contribution in [2.24, 2.45) is 5.92 Å². The molecule has 0 aliphatic carbocycles. The Morgan fingerprint density at radius 2 is 2.16 bits per heavy atom. The van der Waals surface area contributed by atoms with Crippen LogP contribution in [0.4, 0.5) is 4.39 Å². The Morgan fingerprint density at radius 1 is 1.47 bits per heavy atom. The number of carbonyl (C=O) groups excluding carboxylic acids is 1. The first-order chi connectivity index (χ1) is 8.97. The lowest BCUT2D eigenvalue weighted by molar-refractivity contribution is -0.144. The molecular weight excluding hydrogens is 247 g/mol. The van der Waals surface area contributed by atoms with Gasteiger partial charge in [0.25, 0.3) is 0 Å². The van der Waals surface area contributed by atoms with Crippen LogP contribution in [0.3, 0.4) is 0 Å². The first-order valence-electron chi connectivity index (χ1n) is 5.98. The summed E-state index contributed by atoms with van der Waals surface area (Å²) in [5.74, 6) is -0.765. The van der Waals surface area contributed by atoms with Gasteiger partial charge in [-0.1, -0.05) is 13.8 Å². The fourth-order valence-corrected chi connectivity index (χ4v) is 1.76. The molecule has 0 aliphatic rings. The summed E-state index contributed by atoms with van der Waals surface area (Å²) >= 11 is 0. The second kappa shape index (κ2) is 6.86. The van der Waals surface area contributed by atoms with Gasteiger partial charge in [-0.15, -0.1) is 0 Å². The largest absolute Gasteiger partial charge is 0.468 e. The van der Waals surface area contributed by atoms with Gasteiger partial charge in [0.2, 0.25) is 0 Å². The van der Waals surface area contributed by atoms with Gasteiger partial charge in [0, 0.05) is 6.54 Å². The molecule has 1 N–H and O–H groups in total. The summed E-state index contributed by atoms with van der Waals surface area (Å²) in [6.45, 7) is 4.08. The van der Waals surface area contributed by atoms with Crippen LogP contribution < -0.4 is 5.32 Å². The molecule has 0 radical (unpaired) electrons. The van der Waals surface area contributed by atoms with Gasteiger partial charge in [-0.25, -0.2) is 4.39 Å². The van der Waals surface area contributed by atoms with E-state index in [0.29, 0.717) is 12.1 Å². The standard InChI is InChI=1S/C14H17FN2O2/c1-9(2)13(14(18)19-3)17-8-11-4-10(7-16)5-12(15)6-11/h4-6,9,13,17H,8H2,1-3H3. The number of hydrogen-bond donors (Lipinski definition) is 1. The number of halogens is 1. The van der Waals surface area contributed by atoms with Crippen LogP contribution in [-0.4, -0.2) is 19.1 Å². The summed E-state index contributed by atoms with van der Waals surface area (Å²) in [5, 5.41) is 11.8. The van der Waals surface area contributed by atoms with Crippen molar-refractivity contribution < 1.29 is 13.9 Å². The predicted molar refractivity (Wildman–Crippen MR) is 68.6 cm³/mol. The Hall–Kier alpha value is -1.93. The van der Waals surface area contributed by atoms with Crippen LogP contribution >= 0.6 is 0 Å². The van der Waals surface area contributed by atoms with Crippen LogP contribution in [0.5, 0.6) is 0 Å².